The number of allylic oxidation sites excluding steroid dienone is 5. The van der Waals surface area contributed by atoms with Gasteiger partial charge < -0.3 is 10.2 Å². The third kappa shape index (κ3) is 8.25. The zero-order chi connectivity index (χ0) is 17.8. The first-order valence-corrected chi connectivity index (χ1v) is 8.99. The topological polar surface area (TPSA) is 74.6 Å². The number of aliphatic hydroxyl groups excluding tert-OH is 1. The zero-order valence-corrected chi connectivity index (χ0v) is 14.6. The maximum Gasteiger partial charge on any atom is 0.303 e. The fourth-order valence-corrected chi connectivity index (χ4v) is 2.81. The molecule has 0 amide bonds. The Kier molecular flexibility index (Phi) is 10.0. The lowest BCUT2D eigenvalue weighted by Gasteiger charge is -2.13. The van der Waals surface area contributed by atoms with Crippen LogP contribution in [0.25, 0.3) is 0 Å². The molecule has 1 unspecified atom stereocenters. The Bertz CT molecular complexity index is 476. The molecule has 4 heteroatoms. The van der Waals surface area contributed by atoms with E-state index < -0.39 is 12.1 Å². The van der Waals surface area contributed by atoms with E-state index in [0.717, 1.165) is 38.5 Å². The monoisotopic (exact) mass is 334 g/mol. The van der Waals surface area contributed by atoms with E-state index in [1.165, 1.54) is 0 Å². The summed E-state index contributed by atoms with van der Waals surface area (Å²) >= 11 is 0. The van der Waals surface area contributed by atoms with Gasteiger partial charge in [0, 0.05) is 12.3 Å². The third-order valence-electron chi connectivity index (χ3n) is 4.28. The number of aliphatic carboxylic acids is 1. The molecule has 3 atom stereocenters. The highest BCUT2D eigenvalue weighted by molar-refractivity contribution is 5.95. The Morgan fingerprint density at radius 3 is 2.79 bits per heavy atom. The highest BCUT2D eigenvalue weighted by Crippen LogP contribution is 2.27. The van der Waals surface area contributed by atoms with Crippen molar-refractivity contribution in [1.82, 2.24) is 0 Å². The van der Waals surface area contributed by atoms with Crippen molar-refractivity contribution < 1.29 is 19.8 Å². The first-order valence-electron chi connectivity index (χ1n) is 8.99. The van der Waals surface area contributed by atoms with Crippen LogP contribution in [-0.2, 0) is 9.59 Å². The number of hydrogen-bond donors (Lipinski definition) is 2. The molecule has 0 radical (unpaired) electrons. The van der Waals surface area contributed by atoms with Crippen LogP contribution in [0.1, 0.15) is 58.3 Å². The quantitative estimate of drug-likeness (QED) is 0.417. The van der Waals surface area contributed by atoms with E-state index in [-0.39, 0.29) is 24.0 Å². The summed E-state index contributed by atoms with van der Waals surface area (Å²) < 4.78 is 0. The van der Waals surface area contributed by atoms with Crippen LogP contribution < -0.4 is 0 Å². The summed E-state index contributed by atoms with van der Waals surface area (Å²) in [7, 11) is 0. The maximum absolute atomic E-state index is 12.0. The third-order valence-corrected chi connectivity index (χ3v) is 4.28. The normalized spacial score (nSPS) is 22.0. The molecular formula is C20H30O4. The Balaban J connectivity index is 2.38. The van der Waals surface area contributed by atoms with Gasteiger partial charge in [-0.15, -0.1) is 0 Å². The lowest BCUT2D eigenvalue weighted by Crippen LogP contribution is -2.14. The number of carboxylic acids is 1. The van der Waals surface area contributed by atoms with Crippen molar-refractivity contribution in [2.45, 2.75) is 64.4 Å². The first-order chi connectivity index (χ1) is 11.5. The summed E-state index contributed by atoms with van der Waals surface area (Å²) in [4.78, 5) is 22.4. The minimum Gasteiger partial charge on any atom is -0.481 e. The molecular weight excluding hydrogens is 304 g/mol. The average Bonchev–Trinajstić information content (AvgIpc) is 2.89. The van der Waals surface area contributed by atoms with Gasteiger partial charge in [0.1, 0.15) is 0 Å². The average molecular weight is 334 g/mol. The summed E-state index contributed by atoms with van der Waals surface area (Å²) in [5, 5.41) is 18.5. The first kappa shape index (κ1) is 20.4. The molecule has 0 aromatic heterocycles. The molecule has 0 saturated carbocycles. The fraction of sp³-hybridized carbons (Fsp3) is 0.600. The second-order valence-electron chi connectivity index (χ2n) is 6.39. The largest absolute Gasteiger partial charge is 0.481 e. The molecule has 0 spiro atoms. The lowest BCUT2D eigenvalue weighted by molar-refractivity contribution is -0.137. The van der Waals surface area contributed by atoms with Gasteiger partial charge in [0.15, 0.2) is 5.78 Å². The molecule has 0 fully saturated rings. The molecule has 0 aromatic rings. The summed E-state index contributed by atoms with van der Waals surface area (Å²) in [5.41, 5.74) is 0. The molecule has 24 heavy (non-hydrogen) atoms. The van der Waals surface area contributed by atoms with E-state index in [9.17, 15) is 14.7 Å². The summed E-state index contributed by atoms with van der Waals surface area (Å²) in [6.07, 6.45) is 17.0. The molecule has 2 N–H and O–H groups in total. The summed E-state index contributed by atoms with van der Waals surface area (Å²) in [6, 6.07) is 0. The van der Waals surface area contributed by atoms with Crippen LogP contribution in [0.15, 0.2) is 36.5 Å². The van der Waals surface area contributed by atoms with Gasteiger partial charge in [-0.1, -0.05) is 56.6 Å². The van der Waals surface area contributed by atoms with Gasteiger partial charge in [-0.05, 0) is 37.7 Å². The molecule has 4 nitrogen and oxygen atoms in total. The van der Waals surface area contributed by atoms with E-state index in [2.05, 4.69) is 6.92 Å². The molecule has 0 aliphatic heterocycles. The number of carbonyl (C=O) groups is 2. The second-order valence-corrected chi connectivity index (χ2v) is 6.39. The van der Waals surface area contributed by atoms with Crippen molar-refractivity contribution in [3.8, 4) is 0 Å². The highest BCUT2D eigenvalue weighted by Gasteiger charge is 2.26. The lowest BCUT2D eigenvalue weighted by atomic mass is 9.90. The number of hydrogen-bond acceptors (Lipinski definition) is 3. The van der Waals surface area contributed by atoms with Crippen molar-refractivity contribution in [2.24, 2.45) is 11.8 Å². The standard InChI is InChI=1S/C20H30O4/c1-2-3-6-10-17(21)13-14-18-16(12-15-19(18)22)9-7-4-5-8-11-20(23)24/h4,7,12-18,21H,2-3,5-6,8-11H2,1H3,(H,23,24)/b7-4+,14-13+/t16-,17-,18?/m0/s1. The van der Waals surface area contributed by atoms with Gasteiger partial charge >= 0.3 is 5.97 Å². The van der Waals surface area contributed by atoms with Gasteiger partial charge in [0.05, 0.1) is 6.10 Å². The van der Waals surface area contributed by atoms with E-state index in [1.54, 1.807) is 12.2 Å². The van der Waals surface area contributed by atoms with Crippen LogP contribution in [0.2, 0.25) is 0 Å². The van der Waals surface area contributed by atoms with Gasteiger partial charge in [-0.2, -0.15) is 0 Å². The predicted octanol–water partition coefficient (Wildman–Crippen LogP) is 4.06. The van der Waals surface area contributed by atoms with Crippen LogP contribution in [0.5, 0.6) is 0 Å². The van der Waals surface area contributed by atoms with Crippen molar-refractivity contribution in [3.63, 3.8) is 0 Å². The van der Waals surface area contributed by atoms with E-state index in [1.807, 2.05) is 24.3 Å². The fourth-order valence-electron chi connectivity index (χ4n) is 2.81. The maximum atomic E-state index is 12.0. The number of carboxylic acid groups (broad SMARTS) is 1. The Labute approximate surface area is 145 Å². The van der Waals surface area contributed by atoms with Crippen molar-refractivity contribution in [2.75, 3.05) is 0 Å². The molecule has 1 aliphatic rings. The van der Waals surface area contributed by atoms with Crippen LogP contribution >= 0.6 is 0 Å². The number of unbranched alkanes of at least 4 members (excludes halogenated alkanes) is 3. The number of ketones is 1. The Hall–Kier alpha value is -1.68. The highest BCUT2D eigenvalue weighted by atomic mass is 16.4. The minimum absolute atomic E-state index is 0.0938. The number of rotatable bonds is 12. The van der Waals surface area contributed by atoms with Gasteiger partial charge in [-0.3, -0.25) is 9.59 Å². The van der Waals surface area contributed by atoms with Gasteiger partial charge in [0.25, 0.3) is 0 Å². The molecule has 134 valence electrons. The van der Waals surface area contributed by atoms with E-state index in [0.29, 0.717) is 6.42 Å². The van der Waals surface area contributed by atoms with Crippen molar-refractivity contribution in [3.05, 3.63) is 36.5 Å². The Morgan fingerprint density at radius 1 is 1.29 bits per heavy atom. The second kappa shape index (κ2) is 11.8. The van der Waals surface area contributed by atoms with Gasteiger partial charge in [0.2, 0.25) is 0 Å². The summed E-state index contributed by atoms with van der Waals surface area (Å²) in [6.45, 7) is 2.13. The van der Waals surface area contributed by atoms with Crippen LogP contribution in [0.3, 0.4) is 0 Å². The molecule has 1 rings (SSSR count). The summed E-state index contributed by atoms with van der Waals surface area (Å²) in [5.74, 6) is -0.728. The van der Waals surface area contributed by atoms with Crippen LogP contribution in [-0.4, -0.2) is 28.1 Å². The molecule has 0 aromatic carbocycles. The predicted molar refractivity (Wildman–Crippen MR) is 95.7 cm³/mol. The number of aliphatic hydroxyl groups is 1. The Morgan fingerprint density at radius 2 is 2.08 bits per heavy atom. The van der Waals surface area contributed by atoms with Crippen molar-refractivity contribution >= 4 is 11.8 Å². The number of carbonyl (C=O) groups excluding carboxylic acids is 1. The SMILES string of the molecule is CCCCC[C@H](O)/C=C/C1C(=O)C=C[C@@H]1C/C=C/CCCC(=O)O. The van der Waals surface area contributed by atoms with Crippen LogP contribution in [0.4, 0.5) is 0 Å². The van der Waals surface area contributed by atoms with Crippen molar-refractivity contribution in [1.29, 1.82) is 0 Å². The molecule has 1 aliphatic carbocycles. The smallest absolute Gasteiger partial charge is 0.303 e. The molecule has 0 saturated heterocycles. The van der Waals surface area contributed by atoms with E-state index in [4.69, 9.17) is 5.11 Å². The minimum atomic E-state index is -0.768. The molecule has 0 bridgehead atoms. The molecule has 0 heterocycles. The van der Waals surface area contributed by atoms with Crippen LogP contribution in [0, 0.1) is 11.8 Å². The van der Waals surface area contributed by atoms with E-state index >= 15 is 0 Å². The van der Waals surface area contributed by atoms with Gasteiger partial charge in [-0.25, -0.2) is 0 Å². The zero-order valence-electron chi connectivity index (χ0n) is 14.6.